The second-order valence-corrected chi connectivity index (χ2v) is 12.6. The molecule has 0 radical (unpaired) electrons. The van der Waals surface area contributed by atoms with Crippen LogP contribution in [0.2, 0.25) is 0 Å². The standard InChI is InChI=1S/C43H44O7/c44-38(45)26-37-39(46-27-32-16-6-1-7-17-32)41(48-29-34-20-10-3-11-21-34)43(50-31-36-24-14-5-15-25-36)42(49-30-35-22-12-4-13-23-35)40(37)47-28-33-18-8-2-9-19-33/h1-25,37,39-43H,26-31H2,(H,44,45)/t37?,39-,40+,41-,42-,43?/m0/s1. The maximum atomic E-state index is 12.6. The minimum atomic E-state index is -0.955. The van der Waals surface area contributed by atoms with Gasteiger partial charge >= 0.3 is 5.97 Å². The van der Waals surface area contributed by atoms with Crippen LogP contribution in [-0.2, 0) is 61.5 Å². The number of benzene rings is 5. The fourth-order valence-electron chi connectivity index (χ4n) is 6.51. The molecule has 1 saturated carbocycles. The predicted octanol–water partition coefficient (Wildman–Crippen LogP) is 8.02. The number of carboxylic acids is 1. The molecule has 7 heteroatoms. The largest absolute Gasteiger partial charge is 0.481 e. The van der Waals surface area contributed by atoms with Gasteiger partial charge < -0.3 is 28.8 Å². The summed E-state index contributed by atoms with van der Waals surface area (Å²) in [7, 11) is 0. The lowest BCUT2D eigenvalue weighted by Crippen LogP contribution is -2.64. The van der Waals surface area contributed by atoms with Crippen molar-refractivity contribution >= 4 is 5.97 Å². The lowest BCUT2D eigenvalue weighted by atomic mass is 9.76. The number of carbonyl (C=O) groups is 1. The van der Waals surface area contributed by atoms with Crippen LogP contribution in [0.1, 0.15) is 34.2 Å². The van der Waals surface area contributed by atoms with Crippen molar-refractivity contribution in [3.8, 4) is 0 Å². The van der Waals surface area contributed by atoms with Gasteiger partial charge in [-0.25, -0.2) is 0 Å². The van der Waals surface area contributed by atoms with E-state index in [0.717, 1.165) is 27.8 Å². The van der Waals surface area contributed by atoms with Crippen molar-refractivity contribution in [2.45, 2.75) is 70.0 Å². The number of hydrogen-bond acceptors (Lipinski definition) is 6. The van der Waals surface area contributed by atoms with Crippen LogP contribution in [0.3, 0.4) is 0 Å². The molecule has 1 aliphatic carbocycles. The fourth-order valence-corrected chi connectivity index (χ4v) is 6.51. The van der Waals surface area contributed by atoms with E-state index in [1.807, 2.05) is 152 Å². The molecule has 2 unspecified atom stereocenters. The lowest BCUT2D eigenvalue weighted by molar-refractivity contribution is -0.271. The molecule has 0 aliphatic heterocycles. The van der Waals surface area contributed by atoms with Crippen molar-refractivity contribution in [2.75, 3.05) is 0 Å². The molecule has 50 heavy (non-hydrogen) atoms. The zero-order valence-corrected chi connectivity index (χ0v) is 28.0. The molecule has 1 N–H and O–H groups in total. The van der Waals surface area contributed by atoms with E-state index < -0.39 is 42.4 Å². The molecule has 6 rings (SSSR count). The van der Waals surface area contributed by atoms with Gasteiger partial charge in [0.25, 0.3) is 0 Å². The lowest BCUT2D eigenvalue weighted by Gasteiger charge is -2.50. The molecule has 0 saturated heterocycles. The van der Waals surface area contributed by atoms with Crippen molar-refractivity contribution < 1.29 is 33.6 Å². The highest BCUT2D eigenvalue weighted by atomic mass is 16.6. The van der Waals surface area contributed by atoms with Gasteiger partial charge in [0.15, 0.2) is 0 Å². The van der Waals surface area contributed by atoms with Gasteiger partial charge in [-0.2, -0.15) is 0 Å². The van der Waals surface area contributed by atoms with Crippen LogP contribution in [0.4, 0.5) is 0 Å². The average Bonchev–Trinajstić information content (AvgIpc) is 3.16. The zero-order valence-electron chi connectivity index (χ0n) is 28.0. The Kier molecular flexibility index (Phi) is 12.9. The van der Waals surface area contributed by atoms with Gasteiger partial charge in [0.2, 0.25) is 0 Å². The van der Waals surface area contributed by atoms with E-state index in [9.17, 15) is 9.90 Å². The highest BCUT2D eigenvalue weighted by molar-refractivity contribution is 5.67. The highest BCUT2D eigenvalue weighted by Gasteiger charge is 2.54. The first kappa shape index (κ1) is 35.2. The summed E-state index contributed by atoms with van der Waals surface area (Å²) < 4.78 is 33.9. The number of carboxylic acid groups (broad SMARTS) is 1. The van der Waals surface area contributed by atoms with Crippen molar-refractivity contribution in [3.63, 3.8) is 0 Å². The Morgan fingerprint density at radius 3 is 0.840 bits per heavy atom. The van der Waals surface area contributed by atoms with E-state index in [1.165, 1.54) is 0 Å². The molecule has 6 atom stereocenters. The Labute approximate surface area is 294 Å². The minimum Gasteiger partial charge on any atom is -0.481 e. The number of rotatable bonds is 17. The first-order chi connectivity index (χ1) is 24.6. The smallest absolute Gasteiger partial charge is 0.303 e. The topological polar surface area (TPSA) is 83.5 Å². The second kappa shape index (κ2) is 18.4. The number of aliphatic carboxylic acids is 1. The zero-order chi connectivity index (χ0) is 34.4. The van der Waals surface area contributed by atoms with Crippen LogP contribution in [0.25, 0.3) is 0 Å². The summed E-state index contributed by atoms with van der Waals surface area (Å²) in [5.74, 6) is -1.58. The molecule has 5 aromatic rings. The minimum absolute atomic E-state index is 0.208. The number of ether oxygens (including phenoxy) is 5. The summed E-state index contributed by atoms with van der Waals surface area (Å²) in [5.41, 5.74) is 4.89. The Morgan fingerprint density at radius 1 is 0.380 bits per heavy atom. The van der Waals surface area contributed by atoms with Crippen LogP contribution in [0, 0.1) is 5.92 Å². The summed E-state index contributed by atoms with van der Waals surface area (Å²) in [4.78, 5) is 12.6. The molecule has 0 heterocycles. The summed E-state index contributed by atoms with van der Waals surface area (Å²) in [6.45, 7) is 1.38. The molecule has 0 amide bonds. The van der Waals surface area contributed by atoms with E-state index in [0.29, 0.717) is 6.61 Å². The monoisotopic (exact) mass is 672 g/mol. The second-order valence-electron chi connectivity index (χ2n) is 12.6. The molecular formula is C43H44O7. The Hall–Kier alpha value is -4.63. The first-order valence-electron chi connectivity index (χ1n) is 17.1. The van der Waals surface area contributed by atoms with Gasteiger partial charge in [0.1, 0.15) is 18.3 Å². The Balaban J connectivity index is 1.41. The molecule has 1 aliphatic rings. The summed E-state index contributed by atoms with van der Waals surface area (Å²) in [5, 5.41) is 10.4. The van der Waals surface area contributed by atoms with Crippen molar-refractivity contribution in [3.05, 3.63) is 179 Å². The van der Waals surface area contributed by atoms with Crippen LogP contribution < -0.4 is 0 Å². The highest BCUT2D eigenvalue weighted by Crippen LogP contribution is 2.39. The van der Waals surface area contributed by atoms with Crippen molar-refractivity contribution in [1.29, 1.82) is 0 Å². The molecule has 1 fully saturated rings. The van der Waals surface area contributed by atoms with Gasteiger partial charge in [-0.05, 0) is 27.8 Å². The summed E-state index contributed by atoms with van der Waals surface area (Å²) in [6, 6.07) is 49.5. The maximum Gasteiger partial charge on any atom is 0.303 e. The third-order valence-corrected chi connectivity index (χ3v) is 8.98. The van der Waals surface area contributed by atoms with E-state index in [4.69, 9.17) is 23.7 Å². The van der Waals surface area contributed by atoms with Gasteiger partial charge in [0, 0.05) is 5.92 Å². The van der Waals surface area contributed by atoms with Gasteiger partial charge in [-0.3, -0.25) is 4.79 Å². The quantitative estimate of drug-likeness (QED) is 0.107. The fraction of sp³-hybridized carbons (Fsp3) is 0.279. The molecule has 0 aromatic heterocycles. The van der Waals surface area contributed by atoms with E-state index in [1.54, 1.807) is 0 Å². The molecule has 5 aromatic carbocycles. The van der Waals surface area contributed by atoms with Crippen LogP contribution in [0.5, 0.6) is 0 Å². The average molecular weight is 673 g/mol. The SMILES string of the molecule is O=C(O)CC1[C@@H](OCc2ccccc2)[C@H](OCc2ccccc2)C(OCc2ccccc2)[C@@H](OCc2ccccc2)[C@H]1OCc1ccccc1. The van der Waals surface area contributed by atoms with E-state index >= 15 is 0 Å². The Morgan fingerprint density at radius 2 is 0.600 bits per heavy atom. The van der Waals surface area contributed by atoms with Crippen molar-refractivity contribution in [1.82, 2.24) is 0 Å². The van der Waals surface area contributed by atoms with E-state index in [-0.39, 0.29) is 32.8 Å². The van der Waals surface area contributed by atoms with Gasteiger partial charge in [-0.15, -0.1) is 0 Å². The van der Waals surface area contributed by atoms with Crippen LogP contribution >= 0.6 is 0 Å². The third kappa shape index (κ3) is 9.97. The summed E-state index contributed by atoms with van der Waals surface area (Å²) >= 11 is 0. The number of hydrogen-bond donors (Lipinski definition) is 1. The molecule has 7 nitrogen and oxygen atoms in total. The Bertz CT molecular complexity index is 1590. The van der Waals surface area contributed by atoms with Crippen molar-refractivity contribution in [2.24, 2.45) is 5.92 Å². The third-order valence-electron chi connectivity index (χ3n) is 8.98. The molecule has 0 spiro atoms. The molecule has 258 valence electrons. The molecule has 0 bridgehead atoms. The summed E-state index contributed by atoms with van der Waals surface area (Å²) in [6.07, 6.45) is -3.66. The normalized spacial score (nSPS) is 21.8. The van der Waals surface area contributed by atoms with Crippen LogP contribution in [0.15, 0.2) is 152 Å². The maximum absolute atomic E-state index is 12.6. The van der Waals surface area contributed by atoms with Crippen LogP contribution in [-0.4, -0.2) is 41.6 Å². The molecular weight excluding hydrogens is 628 g/mol. The first-order valence-corrected chi connectivity index (χ1v) is 17.1. The predicted molar refractivity (Wildman–Crippen MR) is 191 cm³/mol. The van der Waals surface area contributed by atoms with Gasteiger partial charge in [0.05, 0.1) is 51.7 Å². The van der Waals surface area contributed by atoms with E-state index in [2.05, 4.69) is 0 Å². The van der Waals surface area contributed by atoms with Gasteiger partial charge in [-0.1, -0.05) is 152 Å².